The number of hydrogen-bond donors (Lipinski definition) is 2. The molecule has 2 heterocycles. The number of carbonyl (C=O) groups excluding carboxylic acids is 1. The number of nitrogens with zero attached hydrogens (tertiary/aromatic N) is 2. The summed E-state index contributed by atoms with van der Waals surface area (Å²) in [5.41, 5.74) is 2.04. The Morgan fingerprint density at radius 3 is 2.62 bits per heavy atom. The highest BCUT2D eigenvalue weighted by Crippen LogP contribution is 2.30. The van der Waals surface area contributed by atoms with E-state index in [1.54, 1.807) is 35.6 Å². The van der Waals surface area contributed by atoms with Crippen LogP contribution in [0.2, 0.25) is 0 Å². The quantitative estimate of drug-likeness (QED) is 0.889. The summed E-state index contributed by atoms with van der Waals surface area (Å²) in [5.74, 6) is -0.282. The number of carboxylic acids is 1. The second-order valence-corrected chi connectivity index (χ2v) is 5.87. The van der Waals surface area contributed by atoms with Gasteiger partial charge in [-0.05, 0) is 30.7 Å². The van der Waals surface area contributed by atoms with E-state index >= 15 is 0 Å². The number of carboxylic acid groups (broad SMARTS) is 1. The highest BCUT2D eigenvalue weighted by Gasteiger charge is 2.25. The van der Waals surface area contributed by atoms with E-state index in [2.05, 4.69) is 5.32 Å². The highest BCUT2D eigenvalue weighted by molar-refractivity contribution is 5.97. The average Bonchev–Trinajstić information content (AvgIpc) is 2.86. The van der Waals surface area contributed by atoms with Gasteiger partial charge in [0.1, 0.15) is 5.75 Å². The molecule has 0 radical (unpaired) electrons. The van der Waals surface area contributed by atoms with Crippen LogP contribution in [0, 0.1) is 6.92 Å². The molecule has 1 aromatic heterocycles. The standard InChI is InChI=1S/C17H21N3O4/c1-11-13(10-16(21)22)14-9-12(24-2)3-4-15(14)20(11)17(23)19-7-5-18-6-8-19/h3-4,9,18H,5-8,10H2,1-2H3,(H,21,22). The minimum Gasteiger partial charge on any atom is -0.497 e. The number of piperazine rings is 1. The van der Waals surface area contributed by atoms with Gasteiger partial charge in [0, 0.05) is 37.3 Å². The van der Waals surface area contributed by atoms with Crippen LogP contribution in [0.25, 0.3) is 10.9 Å². The van der Waals surface area contributed by atoms with Gasteiger partial charge in [-0.3, -0.25) is 9.36 Å². The van der Waals surface area contributed by atoms with E-state index in [4.69, 9.17) is 4.74 Å². The largest absolute Gasteiger partial charge is 0.497 e. The molecule has 1 aliphatic heterocycles. The monoisotopic (exact) mass is 331 g/mol. The Balaban J connectivity index is 2.14. The molecule has 2 aromatic rings. The number of benzene rings is 1. The molecule has 0 bridgehead atoms. The third-order valence-electron chi connectivity index (χ3n) is 4.45. The lowest BCUT2D eigenvalue weighted by Crippen LogP contribution is -2.48. The zero-order chi connectivity index (χ0) is 17.3. The Labute approximate surface area is 139 Å². The van der Waals surface area contributed by atoms with Crippen molar-refractivity contribution in [3.63, 3.8) is 0 Å². The molecule has 0 unspecified atom stereocenters. The number of rotatable bonds is 3. The summed E-state index contributed by atoms with van der Waals surface area (Å²) >= 11 is 0. The van der Waals surface area contributed by atoms with Gasteiger partial charge >= 0.3 is 12.0 Å². The summed E-state index contributed by atoms with van der Waals surface area (Å²) < 4.78 is 6.87. The summed E-state index contributed by atoms with van der Waals surface area (Å²) in [6, 6.07) is 5.28. The van der Waals surface area contributed by atoms with Crippen molar-refractivity contribution in [2.24, 2.45) is 0 Å². The molecule has 0 spiro atoms. The minimum atomic E-state index is -0.922. The van der Waals surface area contributed by atoms with E-state index in [1.165, 1.54) is 0 Å². The van der Waals surface area contributed by atoms with Crippen molar-refractivity contribution >= 4 is 22.9 Å². The van der Waals surface area contributed by atoms with Crippen molar-refractivity contribution in [1.29, 1.82) is 0 Å². The van der Waals surface area contributed by atoms with Crippen molar-refractivity contribution in [2.75, 3.05) is 33.3 Å². The van der Waals surface area contributed by atoms with Gasteiger partial charge in [-0.2, -0.15) is 0 Å². The molecule has 128 valence electrons. The fourth-order valence-electron chi connectivity index (χ4n) is 3.21. The van der Waals surface area contributed by atoms with Crippen LogP contribution in [0.5, 0.6) is 5.75 Å². The number of aliphatic carboxylic acids is 1. The van der Waals surface area contributed by atoms with Gasteiger partial charge in [-0.1, -0.05) is 0 Å². The number of ether oxygens (including phenoxy) is 1. The van der Waals surface area contributed by atoms with Crippen LogP contribution in [0.15, 0.2) is 18.2 Å². The fraction of sp³-hybridized carbons (Fsp3) is 0.412. The predicted octanol–water partition coefficient (Wildman–Crippen LogP) is 1.46. The first kappa shape index (κ1) is 16.3. The number of hydrogen-bond acceptors (Lipinski definition) is 4. The molecule has 0 atom stereocenters. The number of aromatic nitrogens is 1. The SMILES string of the molecule is COc1ccc2c(c1)c(CC(=O)O)c(C)n2C(=O)N1CCNCC1. The molecule has 1 aliphatic rings. The molecule has 1 aromatic carbocycles. The Morgan fingerprint density at radius 1 is 1.29 bits per heavy atom. The van der Waals surface area contributed by atoms with E-state index in [0.717, 1.165) is 18.5 Å². The van der Waals surface area contributed by atoms with Gasteiger partial charge in [0.15, 0.2) is 0 Å². The topological polar surface area (TPSA) is 83.8 Å². The van der Waals surface area contributed by atoms with Crippen LogP contribution < -0.4 is 10.1 Å². The zero-order valence-electron chi connectivity index (χ0n) is 13.8. The Kier molecular flexibility index (Phi) is 4.44. The zero-order valence-corrected chi connectivity index (χ0v) is 13.8. The lowest BCUT2D eigenvalue weighted by molar-refractivity contribution is -0.136. The van der Waals surface area contributed by atoms with Gasteiger partial charge in [0.25, 0.3) is 0 Å². The Bertz CT molecular complexity index is 791. The molecule has 1 saturated heterocycles. The van der Waals surface area contributed by atoms with Crippen molar-refractivity contribution in [1.82, 2.24) is 14.8 Å². The number of methoxy groups -OCH3 is 1. The number of nitrogens with one attached hydrogen (secondary N) is 1. The molecule has 1 amide bonds. The number of fused-ring (bicyclic) bond motifs is 1. The smallest absolute Gasteiger partial charge is 0.328 e. The molecule has 0 aliphatic carbocycles. The first-order chi connectivity index (χ1) is 11.5. The third-order valence-corrected chi connectivity index (χ3v) is 4.45. The summed E-state index contributed by atoms with van der Waals surface area (Å²) in [4.78, 5) is 26.0. The van der Waals surface area contributed by atoms with Gasteiger partial charge < -0.3 is 20.1 Å². The normalized spacial score (nSPS) is 14.8. The first-order valence-electron chi connectivity index (χ1n) is 7.92. The van der Waals surface area contributed by atoms with Crippen molar-refractivity contribution < 1.29 is 19.4 Å². The maximum atomic E-state index is 13.0. The molecule has 7 nitrogen and oxygen atoms in total. The Morgan fingerprint density at radius 2 is 2.00 bits per heavy atom. The van der Waals surface area contributed by atoms with Crippen LogP contribution in [0.4, 0.5) is 4.79 Å². The van der Waals surface area contributed by atoms with Crippen molar-refractivity contribution in [3.8, 4) is 5.75 Å². The van der Waals surface area contributed by atoms with E-state index in [1.807, 2.05) is 6.07 Å². The van der Waals surface area contributed by atoms with Crippen molar-refractivity contribution in [2.45, 2.75) is 13.3 Å². The van der Waals surface area contributed by atoms with E-state index in [0.29, 0.717) is 35.6 Å². The number of carbonyl (C=O) groups is 2. The summed E-state index contributed by atoms with van der Waals surface area (Å²) in [6.07, 6.45) is -0.128. The van der Waals surface area contributed by atoms with E-state index < -0.39 is 5.97 Å². The second kappa shape index (κ2) is 6.52. The molecule has 1 fully saturated rings. The second-order valence-electron chi connectivity index (χ2n) is 5.87. The molecule has 3 rings (SSSR count). The summed E-state index contributed by atoms with van der Waals surface area (Å²) in [6.45, 7) is 4.61. The molecular weight excluding hydrogens is 310 g/mol. The molecule has 24 heavy (non-hydrogen) atoms. The van der Waals surface area contributed by atoms with E-state index in [-0.39, 0.29) is 12.5 Å². The fourth-order valence-corrected chi connectivity index (χ4v) is 3.21. The maximum Gasteiger partial charge on any atom is 0.328 e. The predicted molar refractivity (Wildman–Crippen MR) is 89.8 cm³/mol. The van der Waals surface area contributed by atoms with Gasteiger partial charge in [0.2, 0.25) is 0 Å². The maximum absolute atomic E-state index is 13.0. The van der Waals surface area contributed by atoms with Crippen LogP contribution in [-0.4, -0.2) is 59.9 Å². The van der Waals surface area contributed by atoms with E-state index in [9.17, 15) is 14.7 Å². The summed E-state index contributed by atoms with van der Waals surface area (Å²) in [7, 11) is 1.56. The molecule has 7 heteroatoms. The lowest BCUT2D eigenvalue weighted by atomic mass is 10.1. The first-order valence-corrected chi connectivity index (χ1v) is 7.92. The van der Waals surface area contributed by atoms with Crippen LogP contribution in [0.3, 0.4) is 0 Å². The van der Waals surface area contributed by atoms with Gasteiger partial charge in [-0.15, -0.1) is 0 Å². The van der Waals surface area contributed by atoms with Gasteiger partial charge in [0.05, 0.1) is 19.0 Å². The van der Waals surface area contributed by atoms with Crippen LogP contribution in [-0.2, 0) is 11.2 Å². The minimum absolute atomic E-state index is 0.110. The molecule has 0 saturated carbocycles. The van der Waals surface area contributed by atoms with Crippen LogP contribution >= 0.6 is 0 Å². The van der Waals surface area contributed by atoms with Crippen molar-refractivity contribution in [3.05, 3.63) is 29.5 Å². The average molecular weight is 331 g/mol. The summed E-state index contributed by atoms with van der Waals surface area (Å²) in [5, 5.41) is 13.2. The van der Waals surface area contributed by atoms with Gasteiger partial charge in [-0.25, -0.2) is 4.79 Å². The third kappa shape index (κ3) is 2.82. The number of amides is 1. The van der Waals surface area contributed by atoms with Crippen LogP contribution in [0.1, 0.15) is 11.3 Å². The lowest BCUT2D eigenvalue weighted by Gasteiger charge is -2.28. The highest BCUT2D eigenvalue weighted by atomic mass is 16.5. The molecular formula is C17H21N3O4. The Hall–Kier alpha value is -2.54. The molecule has 2 N–H and O–H groups in total.